The predicted octanol–water partition coefficient (Wildman–Crippen LogP) is 5.21. The largest absolute Gasteiger partial charge is 0.478 e. The molecule has 1 N–H and O–H groups in total. The molecule has 6 nitrogen and oxygen atoms in total. The Kier molecular flexibility index (Phi) is 4.29. The number of fused-ring (bicyclic) bond motifs is 2. The van der Waals surface area contributed by atoms with E-state index in [2.05, 4.69) is 10.1 Å². The highest BCUT2D eigenvalue weighted by Crippen LogP contribution is 2.36. The summed E-state index contributed by atoms with van der Waals surface area (Å²) in [4.78, 5) is 15.9. The maximum absolute atomic E-state index is 11.5. The van der Waals surface area contributed by atoms with Gasteiger partial charge in [-0.1, -0.05) is 17.7 Å². The Morgan fingerprint density at radius 2 is 2.00 bits per heavy atom. The van der Waals surface area contributed by atoms with E-state index in [1.165, 1.54) is 12.3 Å². The molecule has 0 amide bonds. The molecule has 0 spiro atoms. The number of hydrogen-bond acceptors (Lipinski definition) is 4. The normalized spacial score (nSPS) is 12.7. The number of allylic oxidation sites excluding steroid dienone is 1. The molecule has 0 fully saturated rings. The van der Waals surface area contributed by atoms with Gasteiger partial charge in [0.15, 0.2) is 0 Å². The number of carboxylic acids is 1. The van der Waals surface area contributed by atoms with Crippen molar-refractivity contribution in [1.29, 1.82) is 0 Å². The first-order valence-corrected chi connectivity index (χ1v) is 9.70. The van der Waals surface area contributed by atoms with Crippen LogP contribution < -0.4 is 4.74 Å². The molecule has 0 saturated carbocycles. The third kappa shape index (κ3) is 3.11. The van der Waals surface area contributed by atoms with Gasteiger partial charge in [0.1, 0.15) is 11.5 Å². The number of aromatic carboxylic acids is 1. The minimum atomic E-state index is -0.947. The Morgan fingerprint density at radius 1 is 1.17 bits per heavy atom. The minimum Gasteiger partial charge on any atom is -0.478 e. The first-order valence-electron chi connectivity index (χ1n) is 9.32. The Bertz CT molecular complexity index is 1360. The second-order valence-electron chi connectivity index (χ2n) is 7.08. The van der Waals surface area contributed by atoms with Crippen molar-refractivity contribution in [2.24, 2.45) is 7.05 Å². The van der Waals surface area contributed by atoms with Crippen LogP contribution in [0.15, 0.2) is 54.7 Å². The molecule has 0 aliphatic heterocycles. The summed E-state index contributed by atoms with van der Waals surface area (Å²) in [6.45, 7) is 0. The van der Waals surface area contributed by atoms with Gasteiger partial charge < -0.3 is 9.84 Å². The second kappa shape index (κ2) is 7.00. The number of carboxylic acid groups (broad SMARTS) is 1. The number of benzene rings is 2. The van der Waals surface area contributed by atoms with Crippen molar-refractivity contribution < 1.29 is 14.6 Å². The molecule has 148 valence electrons. The summed E-state index contributed by atoms with van der Waals surface area (Å²) >= 11 is 6.03. The molecule has 2 aromatic heterocycles. The lowest BCUT2D eigenvalue weighted by molar-refractivity contribution is 0.0695. The molecule has 5 rings (SSSR count). The third-order valence-electron chi connectivity index (χ3n) is 5.16. The number of hydrogen-bond donors (Lipinski definition) is 1. The summed E-state index contributed by atoms with van der Waals surface area (Å²) in [5.74, 6) is 0.389. The molecule has 7 heteroatoms. The zero-order chi connectivity index (χ0) is 20.8. The van der Waals surface area contributed by atoms with E-state index in [9.17, 15) is 9.90 Å². The molecular weight excluding hydrogens is 402 g/mol. The summed E-state index contributed by atoms with van der Waals surface area (Å²) in [6, 6.07) is 14.5. The average molecular weight is 418 g/mol. The van der Waals surface area contributed by atoms with Crippen LogP contribution in [-0.4, -0.2) is 25.8 Å². The van der Waals surface area contributed by atoms with Crippen LogP contribution in [0, 0.1) is 0 Å². The SMILES string of the molecule is Cn1nc(C2=Cc3nccc(C(=O)O)c3C2)c2ccc(Oc3cccc(Cl)c3)cc21. The predicted molar refractivity (Wildman–Crippen MR) is 115 cm³/mol. The molecule has 1 aliphatic carbocycles. The van der Waals surface area contributed by atoms with Crippen molar-refractivity contribution in [2.75, 3.05) is 0 Å². The van der Waals surface area contributed by atoms with Gasteiger partial charge in [-0.05, 0) is 53.6 Å². The maximum atomic E-state index is 11.5. The number of aromatic nitrogens is 3. The van der Waals surface area contributed by atoms with Crippen molar-refractivity contribution in [2.45, 2.75) is 6.42 Å². The van der Waals surface area contributed by atoms with Crippen LogP contribution >= 0.6 is 11.6 Å². The molecule has 0 radical (unpaired) electrons. The number of ether oxygens (including phenoxy) is 1. The van der Waals surface area contributed by atoms with E-state index in [1.54, 1.807) is 16.8 Å². The Hall–Kier alpha value is -3.64. The van der Waals surface area contributed by atoms with Gasteiger partial charge >= 0.3 is 5.97 Å². The van der Waals surface area contributed by atoms with Gasteiger partial charge in [0.2, 0.25) is 0 Å². The van der Waals surface area contributed by atoms with E-state index in [1.807, 2.05) is 43.5 Å². The fraction of sp³-hybridized carbons (Fsp3) is 0.0870. The highest BCUT2D eigenvalue weighted by atomic mass is 35.5. The van der Waals surface area contributed by atoms with Crippen molar-refractivity contribution in [3.63, 3.8) is 0 Å². The molecule has 0 atom stereocenters. The zero-order valence-electron chi connectivity index (χ0n) is 16.0. The molecule has 4 aromatic rings. The summed E-state index contributed by atoms with van der Waals surface area (Å²) in [5.41, 5.74) is 4.36. The number of halogens is 1. The maximum Gasteiger partial charge on any atom is 0.336 e. The molecule has 2 aromatic carbocycles. The van der Waals surface area contributed by atoms with Crippen LogP contribution in [0.25, 0.3) is 22.6 Å². The van der Waals surface area contributed by atoms with Crippen molar-refractivity contribution in [1.82, 2.24) is 14.8 Å². The summed E-state index contributed by atoms with van der Waals surface area (Å²) in [5, 5.41) is 15.7. The number of carbonyl (C=O) groups is 1. The van der Waals surface area contributed by atoms with E-state index >= 15 is 0 Å². The van der Waals surface area contributed by atoms with Crippen molar-refractivity contribution >= 4 is 40.1 Å². The van der Waals surface area contributed by atoms with Gasteiger partial charge in [-0.3, -0.25) is 9.67 Å². The molecular formula is C23H16ClN3O3. The minimum absolute atomic E-state index is 0.281. The van der Waals surface area contributed by atoms with Gasteiger partial charge in [-0.15, -0.1) is 0 Å². The third-order valence-corrected chi connectivity index (χ3v) is 5.39. The standard InChI is InChI=1S/C23H16ClN3O3/c1-27-21-12-16(30-15-4-2-3-14(24)11-15)5-6-18(21)22(26-27)13-9-19-17(23(28)29)7-8-25-20(19)10-13/h2-8,10-12H,9H2,1H3,(H,28,29). The number of nitrogens with zero attached hydrogens (tertiary/aromatic N) is 3. The molecule has 2 heterocycles. The number of aryl methyl sites for hydroxylation is 1. The number of rotatable bonds is 4. The average Bonchev–Trinajstić information content (AvgIpc) is 3.29. The van der Waals surface area contributed by atoms with Crippen molar-refractivity contribution in [3.05, 3.63) is 82.3 Å². The summed E-state index contributed by atoms with van der Waals surface area (Å²) in [7, 11) is 1.87. The monoisotopic (exact) mass is 417 g/mol. The summed E-state index contributed by atoms with van der Waals surface area (Å²) < 4.78 is 7.73. The van der Waals surface area contributed by atoms with E-state index < -0.39 is 5.97 Å². The lowest BCUT2D eigenvalue weighted by Gasteiger charge is -2.06. The Balaban J connectivity index is 1.51. The van der Waals surface area contributed by atoms with E-state index in [0.29, 0.717) is 28.6 Å². The molecule has 0 unspecified atom stereocenters. The molecule has 30 heavy (non-hydrogen) atoms. The Morgan fingerprint density at radius 3 is 2.80 bits per heavy atom. The second-order valence-corrected chi connectivity index (χ2v) is 7.52. The van der Waals surface area contributed by atoms with Crippen LogP contribution in [0.3, 0.4) is 0 Å². The van der Waals surface area contributed by atoms with Crippen LogP contribution in [0.5, 0.6) is 11.5 Å². The first kappa shape index (κ1) is 18.4. The Labute approximate surface area is 177 Å². The van der Waals surface area contributed by atoms with Gasteiger partial charge in [-0.25, -0.2) is 4.79 Å². The highest BCUT2D eigenvalue weighted by molar-refractivity contribution is 6.30. The van der Waals surface area contributed by atoms with Crippen LogP contribution in [-0.2, 0) is 13.5 Å². The van der Waals surface area contributed by atoms with E-state index in [4.69, 9.17) is 16.3 Å². The van der Waals surface area contributed by atoms with E-state index in [0.717, 1.165) is 27.7 Å². The van der Waals surface area contributed by atoms with Crippen LogP contribution in [0.1, 0.15) is 27.3 Å². The van der Waals surface area contributed by atoms with Gasteiger partial charge in [0.25, 0.3) is 0 Å². The highest BCUT2D eigenvalue weighted by Gasteiger charge is 2.24. The lowest BCUT2D eigenvalue weighted by atomic mass is 10.0. The smallest absolute Gasteiger partial charge is 0.336 e. The zero-order valence-corrected chi connectivity index (χ0v) is 16.7. The number of pyridine rings is 1. The molecule has 0 bridgehead atoms. The topological polar surface area (TPSA) is 77.2 Å². The van der Waals surface area contributed by atoms with Crippen LogP contribution in [0.4, 0.5) is 0 Å². The first-order chi connectivity index (χ1) is 14.5. The molecule has 0 saturated heterocycles. The lowest BCUT2D eigenvalue weighted by Crippen LogP contribution is -2.03. The molecule has 1 aliphatic rings. The fourth-order valence-corrected chi connectivity index (χ4v) is 3.96. The van der Waals surface area contributed by atoms with Gasteiger partial charge in [-0.2, -0.15) is 5.10 Å². The summed E-state index contributed by atoms with van der Waals surface area (Å²) in [6.07, 6.45) is 3.93. The van der Waals surface area contributed by atoms with Gasteiger partial charge in [0.05, 0.1) is 22.5 Å². The van der Waals surface area contributed by atoms with E-state index in [-0.39, 0.29) is 5.56 Å². The fourth-order valence-electron chi connectivity index (χ4n) is 3.78. The van der Waals surface area contributed by atoms with Crippen molar-refractivity contribution in [3.8, 4) is 11.5 Å². The quantitative estimate of drug-likeness (QED) is 0.493. The van der Waals surface area contributed by atoms with Gasteiger partial charge in [0, 0.05) is 36.1 Å². The van der Waals surface area contributed by atoms with Crippen LogP contribution in [0.2, 0.25) is 5.02 Å².